The number of rotatable bonds is 4. The second-order valence-electron chi connectivity index (χ2n) is 3.39. The van der Waals surface area contributed by atoms with Gasteiger partial charge in [-0.25, -0.2) is 0 Å². The van der Waals surface area contributed by atoms with Crippen molar-refractivity contribution in [1.29, 1.82) is 0 Å². The van der Waals surface area contributed by atoms with E-state index in [1.54, 1.807) is 0 Å². The van der Waals surface area contributed by atoms with E-state index in [-0.39, 0.29) is 0 Å². The number of aliphatic hydroxyl groups is 1. The molecule has 3 heteroatoms. The van der Waals surface area contributed by atoms with Crippen molar-refractivity contribution in [3.05, 3.63) is 29.8 Å². The lowest BCUT2D eigenvalue weighted by Crippen LogP contribution is -2.15. The molecule has 0 spiro atoms. The van der Waals surface area contributed by atoms with E-state index in [0.717, 1.165) is 10.5 Å². The van der Waals surface area contributed by atoms with Crippen LogP contribution in [0.15, 0.2) is 29.2 Å². The highest BCUT2D eigenvalue weighted by molar-refractivity contribution is 7.85. The van der Waals surface area contributed by atoms with Gasteiger partial charge in [-0.05, 0) is 25.5 Å². The Kier molecular flexibility index (Phi) is 4.29. The normalized spacial score (nSPS) is 15.1. The first-order chi connectivity index (χ1) is 6.63. The van der Waals surface area contributed by atoms with Crippen LogP contribution in [-0.2, 0) is 10.8 Å². The molecule has 1 aromatic rings. The van der Waals surface area contributed by atoms with E-state index in [1.165, 1.54) is 0 Å². The molecule has 0 saturated carbocycles. The molecule has 0 heterocycles. The lowest BCUT2D eigenvalue weighted by atomic mass is 10.2. The third kappa shape index (κ3) is 3.24. The SMILES string of the molecule is CC[C@@H](O)CS(=O)c1ccc(C)cc1. The van der Waals surface area contributed by atoms with Crippen LogP contribution in [0.5, 0.6) is 0 Å². The van der Waals surface area contributed by atoms with Crippen molar-refractivity contribution >= 4 is 10.8 Å². The molecule has 0 radical (unpaired) electrons. The van der Waals surface area contributed by atoms with Gasteiger partial charge in [0.15, 0.2) is 0 Å². The molecule has 2 nitrogen and oxygen atoms in total. The van der Waals surface area contributed by atoms with Crippen LogP contribution < -0.4 is 0 Å². The van der Waals surface area contributed by atoms with Crippen LogP contribution in [0.3, 0.4) is 0 Å². The van der Waals surface area contributed by atoms with Gasteiger partial charge in [0.25, 0.3) is 0 Å². The molecule has 1 aromatic carbocycles. The Morgan fingerprint density at radius 1 is 1.36 bits per heavy atom. The molecular weight excluding hydrogens is 196 g/mol. The van der Waals surface area contributed by atoms with Crippen molar-refractivity contribution in [2.24, 2.45) is 0 Å². The Morgan fingerprint density at radius 2 is 1.93 bits per heavy atom. The molecule has 0 bridgehead atoms. The molecule has 2 atom stereocenters. The summed E-state index contributed by atoms with van der Waals surface area (Å²) in [6, 6.07) is 7.58. The van der Waals surface area contributed by atoms with Gasteiger partial charge in [-0.3, -0.25) is 4.21 Å². The molecule has 0 aliphatic heterocycles. The van der Waals surface area contributed by atoms with Gasteiger partial charge in [0.05, 0.1) is 22.7 Å². The van der Waals surface area contributed by atoms with Crippen LogP contribution in [0.25, 0.3) is 0 Å². The monoisotopic (exact) mass is 212 g/mol. The molecule has 0 aliphatic carbocycles. The maximum absolute atomic E-state index is 11.7. The van der Waals surface area contributed by atoms with Crippen molar-refractivity contribution in [2.45, 2.75) is 31.3 Å². The molecule has 1 rings (SSSR count). The number of benzene rings is 1. The molecule has 14 heavy (non-hydrogen) atoms. The van der Waals surface area contributed by atoms with E-state index in [0.29, 0.717) is 12.2 Å². The van der Waals surface area contributed by atoms with Gasteiger partial charge in [-0.1, -0.05) is 24.6 Å². The van der Waals surface area contributed by atoms with Gasteiger partial charge in [0.2, 0.25) is 0 Å². The van der Waals surface area contributed by atoms with Gasteiger partial charge in [0.1, 0.15) is 0 Å². The van der Waals surface area contributed by atoms with E-state index in [4.69, 9.17) is 0 Å². The summed E-state index contributed by atoms with van der Waals surface area (Å²) >= 11 is 0. The molecule has 0 saturated heterocycles. The molecule has 78 valence electrons. The minimum absolute atomic E-state index is 0.333. The zero-order valence-corrected chi connectivity index (χ0v) is 9.38. The molecule has 0 fully saturated rings. The van der Waals surface area contributed by atoms with E-state index < -0.39 is 16.9 Å². The lowest BCUT2D eigenvalue weighted by molar-refractivity contribution is 0.194. The quantitative estimate of drug-likeness (QED) is 0.827. The molecule has 0 aromatic heterocycles. The van der Waals surface area contributed by atoms with Crippen LogP contribution >= 0.6 is 0 Å². The number of hydrogen-bond donors (Lipinski definition) is 1. The van der Waals surface area contributed by atoms with Gasteiger partial charge in [-0.15, -0.1) is 0 Å². The predicted octanol–water partition coefficient (Wildman–Crippen LogP) is 1.87. The summed E-state index contributed by atoms with van der Waals surface area (Å²) in [5.41, 5.74) is 1.15. The molecule has 1 N–H and O–H groups in total. The average Bonchev–Trinajstić information content (AvgIpc) is 2.18. The molecular formula is C11H16O2S. The fraction of sp³-hybridized carbons (Fsp3) is 0.455. The van der Waals surface area contributed by atoms with Crippen LogP contribution in [0.2, 0.25) is 0 Å². The summed E-state index contributed by atoms with van der Waals surface area (Å²) in [6.45, 7) is 3.88. The summed E-state index contributed by atoms with van der Waals surface area (Å²) in [7, 11) is -1.07. The third-order valence-electron chi connectivity index (χ3n) is 2.10. The number of hydrogen-bond acceptors (Lipinski definition) is 2. The maximum atomic E-state index is 11.7. The van der Waals surface area contributed by atoms with E-state index in [9.17, 15) is 9.32 Å². The largest absolute Gasteiger partial charge is 0.392 e. The van der Waals surface area contributed by atoms with Crippen molar-refractivity contribution in [2.75, 3.05) is 5.75 Å². The van der Waals surface area contributed by atoms with E-state index in [1.807, 2.05) is 38.1 Å². The minimum Gasteiger partial charge on any atom is -0.392 e. The Hall–Kier alpha value is -0.670. The first kappa shape index (κ1) is 11.4. The lowest BCUT2D eigenvalue weighted by Gasteiger charge is -2.07. The van der Waals surface area contributed by atoms with Crippen LogP contribution in [0, 0.1) is 6.92 Å². The van der Waals surface area contributed by atoms with Crippen molar-refractivity contribution in [3.63, 3.8) is 0 Å². The Labute approximate surface area is 87.4 Å². The fourth-order valence-electron chi connectivity index (χ4n) is 1.08. The van der Waals surface area contributed by atoms with Gasteiger partial charge in [0, 0.05) is 4.90 Å². The van der Waals surface area contributed by atoms with Gasteiger partial charge >= 0.3 is 0 Å². The first-order valence-electron chi connectivity index (χ1n) is 4.76. The first-order valence-corrected chi connectivity index (χ1v) is 6.08. The van der Waals surface area contributed by atoms with Crippen LogP contribution in [0.1, 0.15) is 18.9 Å². The van der Waals surface area contributed by atoms with Crippen LogP contribution in [0.4, 0.5) is 0 Å². The van der Waals surface area contributed by atoms with E-state index >= 15 is 0 Å². The van der Waals surface area contributed by atoms with Crippen molar-refractivity contribution in [3.8, 4) is 0 Å². The summed E-state index contributed by atoms with van der Waals surface area (Å²) in [5.74, 6) is 0.333. The zero-order chi connectivity index (χ0) is 10.6. The van der Waals surface area contributed by atoms with Crippen molar-refractivity contribution in [1.82, 2.24) is 0 Å². The summed E-state index contributed by atoms with van der Waals surface area (Å²) in [4.78, 5) is 0.795. The Balaban J connectivity index is 2.65. The van der Waals surface area contributed by atoms with Gasteiger partial charge in [-0.2, -0.15) is 0 Å². The van der Waals surface area contributed by atoms with Crippen molar-refractivity contribution < 1.29 is 9.32 Å². The number of aliphatic hydroxyl groups excluding tert-OH is 1. The minimum atomic E-state index is -1.07. The highest BCUT2D eigenvalue weighted by Crippen LogP contribution is 2.09. The second-order valence-corrected chi connectivity index (χ2v) is 4.88. The number of aryl methyl sites for hydroxylation is 1. The highest BCUT2D eigenvalue weighted by atomic mass is 32.2. The topological polar surface area (TPSA) is 37.3 Å². The smallest absolute Gasteiger partial charge is 0.0656 e. The highest BCUT2D eigenvalue weighted by Gasteiger charge is 2.08. The summed E-state index contributed by atoms with van der Waals surface area (Å²) in [6.07, 6.45) is 0.189. The average molecular weight is 212 g/mol. The van der Waals surface area contributed by atoms with E-state index in [2.05, 4.69) is 0 Å². The Bertz CT molecular complexity index is 306. The summed E-state index contributed by atoms with van der Waals surface area (Å²) < 4.78 is 11.7. The van der Waals surface area contributed by atoms with Gasteiger partial charge < -0.3 is 5.11 Å². The predicted molar refractivity (Wildman–Crippen MR) is 58.8 cm³/mol. The molecule has 1 unspecified atom stereocenters. The second kappa shape index (κ2) is 5.27. The van der Waals surface area contributed by atoms with Crippen LogP contribution in [-0.4, -0.2) is 21.2 Å². The zero-order valence-electron chi connectivity index (χ0n) is 8.56. The fourth-order valence-corrected chi connectivity index (χ4v) is 2.30. The molecule has 0 amide bonds. The Morgan fingerprint density at radius 3 is 2.43 bits per heavy atom. The third-order valence-corrected chi connectivity index (χ3v) is 3.58. The standard InChI is InChI=1S/C11H16O2S/c1-3-10(12)8-14(13)11-6-4-9(2)5-7-11/h4-7,10,12H,3,8H2,1-2H3/t10-,14?/m1/s1. The molecule has 0 aliphatic rings. The summed E-state index contributed by atoms with van der Waals surface area (Å²) in [5, 5.41) is 9.35. The maximum Gasteiger partial charge on any atom is 0.0656 e.